The highest BCUT2D eigenvalue weighted by atomic mass is 32.3. The lowest BCUT2D eigenvalue weighted by molar-refractivity contribution is -0.306. The van der Waals surface area contributed by atoms with Crippen molar-refractivity contribution < 1.29 is 66.5 Å². The smallest absolute Gasteiger partial charge is 0.397 e. The van der Waals surface area contributed by atoms with E-state index < -0.39 is 75.6 Å². The Balaban J connectivity index is 1.32. The predicted octanol–water partition coefficient (Wildman–Crippen LogP) is 0.128. The fourth-order valence-electron chi connectivity index (χ4n) is 9.11. The van der Waals surface area contributed by atoms with Crippen molar-refractivity contribution >= 4 is 28.1 Å². The predicted molar refractivity (Wildman–Crippen MR) is 134 cm³/mol. The fraction of sp³-hybridized carbons (Fsp3) is 0.885. The number of carboxylic acids is 2. The number of ketones is 1. The summed E-state index contributed by atoms with van der Waals surface area (Å²) in [6.07, 6.45) is -6.98. The maximum absolute atomic E-state index is 13.7. The van der Waals surface area contributed by atoms with Gasteiger partial charge in [0.15, 0.2) is 18.0 Å². The zero-order valence-corrected chi connectivity index (χ0v) is 23.6. The summed E-state index contributed by atoms with van der Waals surface area (Å²) < 4.78 is 47.2. The van der Waals surface area contributed by atoms with Gasteiger partial charge in [0.25, 0.3) is 0 Å². The van der Waals surface area contributed by atoms with Crippen LogP contribution in [0.5, 0.6) is 0 Å². The van der Waals surface area contributed by atoms with Crippen LogP contribution in [0.4, 0.5) is 0 Å². The number of carboxylic acid groups (broad SMARTS) is 2. The quantitative estimate of drug-likeness (QED) is 0.174. The number of hydrogen-bond acceptors (Lipinski definition) is 11. The van der Waals surface area contributed by atoms with Gasteiger partial charge in [0, 0.05) is 17.8 Å². The van der Waals surface area contributed by atoms with E-state index in [1.54, 1.807) is 6.92 Å². The molecule has 4 saturated carbocycles. The number of ether oxygens (including phenoxy) is 2. The molecule has 0 spiro atoms. The molecule has 0 radical (unpaired) electrons. The second-order valence-electron chi connectivity index (χ2n) is 13.1. The topological polar surface area (TPSA) is 234 Å². The summed E-state index contributed by atoms with van der Waals surface area (Å²) in [4.78, 5) is 37.4. The zero-order valence-electron chi connectivity index (χ0n) is 22.8. The van der Waals surface area contributed by atoms with Gasteiger partial charge < -0.3 is 35.0 Å². The van der Waals surface area contributed by atoms with Gasteiger partial charge in [-0.15, -0.1) is 0 Å². The largest absolute Gasteiger partial charge is 0.479 e. The Morgan fingerprint density at radius 3 is 2.32 bits per heavy atom. The molecule has 4 aliphatic carbocycles. The first-order valence-corrected chi connectivity index (χ1v) is 15.3. The molecule has 0 unspecified atom stereocenters. The van der Waals surface area contributed by atoms with E-state index in [0.29, 0.717) is 38.5 Å². The number of rotatable bonds is 6. The van der Waals surface area contributed by atoms with Crippen LogP contribution in [0, 0.1) is 34.5 Å². The third kappa shape index (κ3) is 4.82. The van der Waals surface area contributed by atoms with Crippen LogP contribution >= 0.6 is 0 Å². The lowest BCUT2D eigenvalue weighted by Crippen LogP contribution is -2.63. The number of carbonyl (C=O) groups is 3. The summed E-state index contributed by atoms with van der Waals surface area (Å²) in [7, 11) is -5.16. The Bertz CT molecular complexity index is 1210. The van der Waals surface area contributed by atoms with Crippen LogP contribution in [0.2, 0.25) is 0 Å². The molecular weight excluding hydrogens is 568 g/mol. The van der Waals surface area contributed by atoms with Gasteiger partial charge in [-0.25, -0.2) is 13.8 Å². The Kier molecular flexibility index (Phi) is 7.63. The number of Topliss-reactive ketones (excluding diaryl/α,β-unsaturated/α-hetero) is 1. The van der Waals surface area contributed by atoms with E-state index in [9.17, 15) is 48.3 Å². The van der Waals surface area contributed by atoms with E-state index in [0.717, 1.165) is 0 Å². The van der Waals surface area contributed by atoms with Gasteiger partial charge >= 0.3 is 22.3 Å². The molecule has 5 aliphatic rings. The summed E-state index contributed by atoms with van der Waals surface area (Å²) in [5, 5.41) is 51.2. The molecule has 15 heteroatoms. The van der Waals surface area contributed by atoms with Crippen molar-refractivity contribution in [3.63, 3.8) is 0 Å². The molecule has 1 aliphatic heterocycles. The number of fused-ring (bicyclic) bond motifs is 5. The third-order valence-electron chi connectivity index (χ3n) is 11.2. The molecule has 0 bridgehead atoms. The minimum atomic E-state index is -5.16. The molecule has 41 heavy (non-hydrogen) atoms. The first kappa shape index (κ1) is 30.7. The second-order valence-corrected chi connectivity index (χ2v) is 14.1. The van der Waals surface area contributed by atoms with Gasteiger partial charge in [0.1, 0.15) is 24.1 Å². The maximum atomic E-state index is 13.7. The van der Waals surface area contributed by atoms with Crippen LogP contribution in [0.1, 0.15) is 65.2 Å². The summed E-state index contributed by atoms with van der Waals surface area (Å²) in [5.41, 5.74) is -3.41. The van der Waals surface area contributed by atoms with Crippen molar-refractivity contribution in [2.75, 3.05) is 0 Å². The molecule has 5 rings (SSSR count). The van der Waals surface area contributed by atoms with Crippen molar-refractivity contribution in [3.05, 3.63) is 0 Å². The minimum Gasteiger partial charge on any atom is -0.479 e. The molecule has 1 heterocycles. The van der Waals surface area contributed by atoms with Gasteiger partial charge in [-0.1, -0.05) is 13.8 Å². The number of aliphatic hydroxyl groups excluding tert-OH is 2. The van der Waals surface area contributed by atoms with Crippen LogP contribution in [0.25, 0.3) is 0 Å². The molecule has 0 aromatic heterocycles. The van der Waals surface area contributed by atoms with Gasteiger partial charge in [0.05, 0.1) is 6.10 Å². The van der Waals surface area contributed by atoms with E-state index in [4.69, 9.17) is 14.0 Å². The Morgan fingerprint density at radius 1 is 1.02 bits per heavy atom. The number of aliphatic hydroxyl groups is 3. The van der Waals surface area contributed by atoms with Crippen LogP contribution in [0.3, 0.4) is 0 Å². The Hall–Kier alpha value is -1.72. The average molecular weight is 607 g/mol. The molecule has 5 fully saturated rings. The van der Waals surface area contributed by atoms with E-state index in [2.05, 4.69) is 11.1 Å². The SMILES string of the molecule is C[C@]12CC[C@@H](O[C@@H]3O[C@H](C(=O)O)[C@@H](O)[C@H](OS(=O)(=O)O)[C@H]3O)C[C@H]1CC[C@@H]1[C@@H]2C(=O)C[C@@]2(C)[C@H]1CC[C@]2(O)C(=O)O. The number of carbonyl (C=O) groups excluding carboxylic acids is 1. The van der Waals surface area contributed by atoms with E-state index in [-0.39, 0.29) is 42.3 Å². The summed E-state index contributed by atoms with van der Waals surface area (Å²) in [5.74, 6) is -3.47. The molecule has 0 aromatic carbocycles. The first-order chi connectivity index (χ1) is 18.9. The van der Waals surface area contributed by atoms with E-state index in [1.807, 2.05) is 0 Å². The Morgan fingerprint density at radius 2 is 1.71 bits per heavy atom. The number of hydrogen-bond donors (Lipinski definition) is 6. The fourth-order valence-corrected chi connectivity index (χ4v) is 9.62. The van der Waals surface area contributed by atoms with Crippen molar-refractivity contribution in [3.8, 4) is 0 Å². The van der Waals surface area contributed by atoms with Crippen molar-refractivity contribution in [1.82, 2.24) is 0 Å². The zero-order chi connectivity index (χ0) is 30.3. The Labute approximate surface area is 236 Å². The standard InChI is InChI=1S/C26H38O14S/c1-24-7-5-12(38-22-18(29)19(40-41(35,36)37)17(28)20(39-22)21(30)31)9-11(24)3-4-13-14-6-8-26(34,23(32)33)25(14,2)10-15(27)16(13)24/h11-14,16-20,22,28-29,34H,3-10H2,1-2H3,(H,30,31)(H,32,33)(H,35,36,37)/t11-,12-,13+,14+,16-,17+,18-,19+,20+,22-,24+,25+,26+/m1/s1. The summed E-state index contributed by atoms with van der Waals surface area (Å²) in [6.45, 7) is 3.78. The second kappa shape index (κ2) is 10.2. The highest BCUT2D eigenvalue weighted by Gasteiger charge is 2.69. The van der Waals surface area contributed by atoms with Gasteiger partial charge in [-0.2, -0.15) is 8.42 Å². The average Bonchev–Trinajstić information content (AvgIpc) is 3.13. The monoisotopic (exact) mass is 606 g/mol. The molecule has 1 saturated heterocycles. The normalized spacial score (nSPS) is 50.0. The lowest BCUT2D eigenvalue weighted by Gasteiger charge is -2.60. The summed E-state index contributed by atoms with van der Waals surface area (Å²) >= 11 is 0. The van der Waals surface area contributed by atoms with Crippen molar-refractivity contribution in [2.24, 2.45) is 34.5 Å². The third-order valence-corrected chi connectivity index (χ3v) is 11.6. The summed E-state index contributed by atoms with van der Waals surface area (Å²) in [6, 6.07) is 0. The highest BCUT2D eigenvalue weighted by Crippen LogP contribution is 2.67. The molecule has 13 atom stereocenters. The van der Waals surface area contributed by atoms with Gasteiger partial charge in [-0.05, 0) is 68.1 Å². The molecule has 232 valence electrons. The van der Waals surface area contributed by atoms with E-state index >= 15 is 0 Å². The van der Waals surface area contributed by atoms with Crippen LogP contribution in [0.15, 0.2) is 0 Å². The van der Waals surface area contributed by atoms with Crippen molar-refractivity contribution in [2.45, 2.75) is 108 Å². The van der Waals surface area contributed by atoms with Crippen LogP contribution in [-0.4, -0.2) is 98.6 Å². The maximum Gasteiger partial charge on any atom is 0.397 e. The highest BCUT2D eigenvalue weighted by molar-refractivity contribution is 7.80. The first-order valence-electron chi connectivity index (χ1n) is 14.0. The van der Waals surface area contributed by atoms with Crippen molar-refractivity contribution in [1.29, 1.82) is 0 Å². The molecule has 0 aromatic rings. The van der Waals surface area contributed by atoms with Crippen LogP contribution < -0.4 is 0 Å². The molecular formula is C26H38O14S. The number of aliphatic carboxylic acids is 2. The van der Waals surface area contributed by atoms with E-state index in [1.165, 1.54) is 0 Å². The molecule has 6 N–H and O–H groups in total. The molecule has 14 nitrogen and oxygen atoms in total. The van der Waals surface area contributed by atoms with Gasteiger partial charge in [0.2, 0.25) is 0 Å². The minimum absolute atomic E-state index is 0.00188. The van der Waals surface area contributed by atoms with Crippen LogP contribution in [-0.2, 0) is 38.4 Å². The lowest BCUT2D eigenvalue weighted by atomic mass is 9.44. The van der Waals surface area contributed by atoms with Gasteiger partial charge in [-0.3, -0.25) is 9.35 Å². The molecule has 0 amide bonds.